The van der Waals surface area contributed by atoms with Crippen LogP contribution in [0.5, 0.6) is 5.75 Å². The van der Waals surface area contributed by atoms with Gasteiger partial charge in [-0.05, 0) is 24.1 Å². The van der Waals surface area contributed by atoms with Crippen LogP contribution in [0.2, 0.25) is 0 Å². The molecule has 20 heavy (non-hydrogen) atoms. The Kier molecular flexibility index (Phi) is 5.37. The zero-order valence-electron chi connectivity index (χ0n) is 11.9. The molecule has 0 radical (unpaired) electrons. The highest BCUT2D eigenvalue weighted by Gasteiger charge is 2.41. The molecule has 1 aromatic rings. The summed E-state index contributed by atoms with van der Waals surface area (Å²) in [4.78, 5) is 0. The lowest BCUT2D eigenvalue weighted by Crippen LogP contribution is -2.31. The smallest absolute Gasteiger partial charge is 0.181 e. The highest BCUT2D eigenvalue weighted by Crippen LogP contribution is 2.28. The Bertz CT molecular complexity index is 405. The molecule has 2 N–H and O–H groups in total. The lowest BCUT2D eigenvalue weighted by atomic mass is 9.98. The first kappa shape index (κ1) is 15.3. The van der Waals surface area contributed by atoms with Crippen LogP contribution in [0.1, 0.15) is 18.9 Å². The Hall–Kier alpha value is -1.14. The van der Waals surface area contributed by atoms with Crippen molar-refractivity contribution in [1.29, 1.82) is 0 Å². The molecule has 4 atom stereocenters. The highest BCUT2D eigenvalue weighted by atomic mass is 16.6. The molecule has 0 aromatic heterocycles. The van der Waals surface area contributed by atoms with E-state index in [2.05, 4.69) is 0 Å². The van der Waals surface area contributed by atoms with Crippen molar-refractivity contribution in [3.8, 4) is 5.75 Å². The molecule has 5 heteroatoms. The predicted molar refractivity (Wildman–Crippen MR) is 73.3 cm³/mol. The van der Waals surface area contributed by atoms with E-state index >= 15 is 0 Å². The molecule has 0 bridgehead atoms. The van der Waals surface area contributed by atoms with Gasteiger partial charge in [0.2, 0.25) is 0 Å². The summed E-state index contributed by atoms with van der Waals surface area (Å²) in [5, 5.41) is 19.4. The lowest BCUT2D eigenvalue weighted by Gasteiger charge is -2.18. The number of ether oxygens (including phenoxy) is 3. The van der Waals surface area contributed by atoms with Crippen LogP contribution < -0.4 is 4.74 Å². The normalized spacial score (nSPS) is 29.6. The van der Waals surface area contributed by atoms with Crippen LogP contribution in [0.15, 0.2) is 24.3 Å². The first-order valence-corrected chi connectivity index (χ1v) is 6.88. The lowest BCUT2D eigenvalue weighted by molar-refractivity contribution is -0.127. The molecule has 1 heterocycles. The van der Waals surface area contributed by atoms with Gasteiger partial charge in [0.15, 0.2) is 6.29 Å². The van der Waals surface area contributed by atoms with E-state index in [-0.39, 0.29) is 12.0 Å². The molecule has 0 spiro atoms. The summed E-state index contributed by atoms with van der Waals surface area (Å²) in [6, 6.07) is 7.63. The Morgan fingerprint density at radius 1 is 1.20 bits per heavy atom. The Morgan fingerprint density at radius 2 is 1.90 bits per heavy atom. The van der Waals surface area contributed by atoms with Gasteiger partial charge < -0.3 is 24.4 Å². The summed E-state index contributed by atoms with van der Waals surface area (Å²) in [6.45, 7) is 2.79. The summed E-state index contributed by atoms with van der Waals surface area (Å²) in [6.07, 6.45) is -1.40. The molecule has 2 rings (SSSR count). The molecule has 112 valence electrons. The minimum absolute atomic E-state index is 0.157. The van der Waals surface area contributed by atoms with E-state index in [0.717, 1.165) is 17.7 Å². The first-order valence-electron chi connectivity index (χ1n) is 6.88. The average molecular weight is 282 g/mol. The van der Waals surface area contributed by atoms with Gasteiger partial charge in [0.1, 0.15) is 11.9 Å². The minimum Gasteiger partial charge on any atom is -0.497 e. The van der Waals surface area contributed by atoms with E-state index in [1.165, 1.54) is 0 Å². The molecule has 1 aliphatic rings. The van der Waals surface area contributed by atoms with Crippen LogP contribution >= 0.6 is 0 Å². The SMILES string of the molecule is CCC1OC(O)C(O)C1COCc1ccc(OC)cc1. The minimum atomic E-state index is -1.10. The van der Waals surface area contributed by atoms with Crippen molar-refractivity contribution in [2.45, 2.75) is 38.4 Å². The van der Waals surface area contributed by atoms with Crippen molar-refractivity contribution in [3.63, 3.8) is 0 Å². The number of hydrogen-bond acceptors (Lipinski definition) is 5. The Morgan fingerprint density at radius 3 is 2.50 bits per heavy atom. The molecule has 1 aliphatic heterocycles. The summed E-state index contributed by atoms with van der Waals surface area (Å²) in [5.41, 5.74) is 1.04. The van der Waals surface area contributed by atoms with Crippen LogP contribution in [0.25, 0.3) is 0 Å². The topological polar surface area (TPSA) is 68.2 Å². The van der Waals surface area contributed by atoms with Crippen molar-refractivity contribution < 1.29 is 24.4 Å². The van der Waals surface area contributed by atoms with Crippen LogP contribution in [0.4, 0.5) is 0 Å². The standard InChI is InChI=1S/C15H22O5/c1-3-13-12(14(16)15(17)20-13)9-19-8-10-4-6-11(18-2)7-5-10/h4-7,12-17H,3,8-9H2,1-2H3. The fourth-order valence-corrected chi connectivity index (χ4v) is 2.43. The molecular formula is C15H22O5. The third-order valence-corrected chi connectivity index (χ3v) is 3.66. The molecule has 1 saturated heterocycles. The second-order valence-corrected chi connectivity index (χ2v) is 4.99. The monoisotopic (exact) mass is 282 g/mol. The maximum absolute atomic E-state index is 9.85. The van der Waals surface area contributed by atoms with Gasteiger partial charge in [-0.25, -0.2) is 0 Å². The Labute approximate surface area is 119 Å². The van der Waals surface area contributed by atoms with Gasteiger partial charge in [0.05, 0.1) is 26.4 Å². The molecule has 4 unspecified atom stereocenters. The number of aliphatic hydroxyl groups is 2. The molecule has 5 nitrogen and oxygen atoms in total. The number of rotatable bonds is 6. The second-order valence-electron chi connectivity index (χ2n) is 4.99. The van der Waals surface area contributed by atoms with Gasteiger partial charge in [-0.2, -0.15) is 0 Å². The van der Waals surface area contributed by atoms with Crippen molar-refractivity contribution in [2.75, 3.05) is 13.7 Å². The maximum atomic E-state index is 9.85. The van der Waals surface area contributed by atoms with Gasteiger partial charge in [0, 0.05) is 5.92 Å². The molecule has 0 saturated carbocycles. The first-order chi connectivity index (χ1) is 9.65. The zero-order valence-corrected chi connectivity index (χ0v) is 11.9. The largest absolute Gasteiger partial charge is 0.497 e. The van der Waals surface area contributed by atoms with Crippen molar-refractivity contribution in [3.05, 3.63) is 29.8 Å². The number of benzene rings is 1. The van der Waals surface area contributed by atoms with Gasteiger partial charge >= 0.3 is 0 Å². The maximum Gasteiger partial charge on any atom is 0.181 e. The van der Waals surface area contributed by atoms with Crippen molar-refractivity contribution >= 4 is 0 Å². The quantitative estimate of drug-likeness (QED) is 0.823. The van der Waals surface area contributed by atoms with Gasteiger partial charge in [0.25, 0.3) is 0 Å². The summed E-state index contributed by atoms with van der Waals surface area (Å²) in [5.74, 6) is 0.621. The van der Waals surface area contributed by atoms with Crippen molar-refractivity contribution in [1.82, 2.24) is 0 Å². The number of hydrogen-bond donors (Lipinski definition) is 2. The van der Waals surface area contributed by atoms with Gasteiger partial charge in [-0.3, -0.25) is 0 Å². The summed E-state index contributed by atoms with van der Waals surface area (Å²) >= 11 is 0. The summed E-state index contributed by atoms with van der Waals surface area (Å²) < 4.78 is 16.0. The van der Waals surface area contributed by atoms with E-state index < -0.39 is 12.4 Å². The highest BCUT2D eigenvalue weighted by molar-refractivity contribution is 5.26. The Balaban J connectivity index is 1.82. The number of aliphatic hydroxyl groups excluding tert-OH is 2. The molecule has 1 aromatic carbocycles. The van der Waals surface area contributed by atoms with Crippen LogP contribution in [-0.2, 0) is 16.1 Å². The fourth-order valence-electron chi connectivity index (χ4n) is 2.43. The molecule has 1 fully saturated rings. The third-order valence-electron chi connectivity index (χ3n) is 3.66. The predicted octanol–water partition coefficient (Wildman–Crippen LogP) is 1.32. The van der Waals surface area contributed by atoms with E-state index in [4.69, 9.17) is 14.2 Å². The van der Waals surface area contributed by atoms with Crippen LogP contribution in [-0.4, -0.2) is 42.4 Å². The van der Waals surface area contributed by atoms with E-state index in [1.807, 2.05) is 31.2 Å². The average Bonchev–Trinajstić information content (AvgIpc) is 2.75. The molecular weight excluding hydrogens is 260 g/mol. The van der Waals surface area contributed by atoms with Gasteiger partial charge in [-0.1, -0.05) is 19.1 Å². The number of methoxy groups -OCH3 is 1. The van der Waals surface area contributed by atoms with E-state index in [9.17, 15) is 10.2 Å². The van der Waals surface area contributed by atoms with E-state index in [1.54, 1.807) is 7.11 Å². The van der Waals surface area contributed by atoms with Gasteiger partial charge in [-0.15, -0.1) is 0 Å². The zero-order chi connectivity index (χ0) is 14.5. The fraction of sp³-hybridized carbons (Fsp3) is 0.600. The van der Waals surface area contributed by atoms with E-state index in [0.29, 0.717) is 13.2 Å². The summed E-state index contributed by atoms with van der Waals surface area (Å²) in [7, 11) is 1.63. The van der Waals surface area contributed by atoms with Crippen LogP contribution in [0, 0.1) is 5.92 Å². The molecule has 0 aliphatic carbocycles. The van der Waals surface area contributed by atoms with Crippen LogP contribution in [0.3, 0.4) is 0 Å². The third kappa shape index (κ3) is 3.49. The second kappa shape index (κ2) is 7.04. The molecule has 0 amide bonds. The van der Waals surface area contributed by atoms with Crippen molar-refractivity contribution in [2.24, 2.45) is 5.92 Å².